The summed E-state index contributed by atoms with van der Waals surface area (Å²) in [5.41, 5.74) is 4.06. The number of hydrogen-bond acceptors (Lipinski definition) is 5. The normalized spacial score (nSPS) is 15.0. The van der Waals surface area contributed by atoms with Gasteiger partial charge >= 0.3 is 0 Å². The van der Waals surface area contributed by atoms with Crippen LogP contribution in [0.25, 0.3) is 33.5 Å². The highest BCUT2D eigenvalue weighted by Gasteiger charge is 2.19. The van der Waals surface area contributed by atoms with Gasteiger partial charge in [0.1, 0.15) is 5.69 Å². The molecule has 2 aromatic carbocycles. The molecule has 0 bridgehead atoms. The third-order valence-electron chi connectivity index (χ3n) is 6.29. The molecule has 0 radical (unpaired) electrons. The Morgan fingerprint density at radius 2 is 1.58 bits per heavy atom. The minimum Gasteiger partial charge on any atom is -0.503 e. The van der Waals surface area contributed by atoms with Gasteiger partial charge in [-0.1, -0.05) is 12.1 Å². The zero-order valence-electron chi connectivity index (χ0n) is 18.5. The molecule has 1 saturated heterocycles. The second-order valence-electron chi connectivity index (χ2n) is 8.62. The number of phenols is 1. The molecule has 33 heavy (non-hydrogen) atoms. The largest absolute Gasteiger partial charge is 0.503 e. The number of aromatic nitrogens is 3. The van der Waals surface area contributed by atoms with Gasteiger partial charge in [0.05, 0.1) is 5.69 Å². The number of fused-ring (bicyclic) bond motifs is 1. The lowest BCUT2D eigenvalue weighted by Gasteiger charge is -2.38. The van der Waals surface area contributed by atoms with E-state index in [2.05, 4.69) is 63.1 Å². The molecule has 5 rings (SSSR count). The summed E-state index contributed by atoms with van der Waals surface area (Å²) in [7, 11) is 0. The topological polar surface area (TPSA) is 68.3 Å². The molecule has 0 aliphatic carbocycles. The number of pyridine rings is 1. The quantitative estimate of drug-likeness (QED) is 0.468. The number of hydrogen-bond donors (Lipinski definition) is 2. The maximum Gasteiger partial charge on any atom is 0.187 e. The van der Waals surface area contributed by atoms with Crippen LogP contribution in [0.1, 0.15) is 13.8 Å². The van der Waals surface area contributed by atoms with E-state index in [1.807, 2.05) is 6.07 Å². The third kappa shape index (κ3) is 4.02. The van der Waals surface area contributed by atoms with Crippen LogP contribution in [0.4, 0.5) is 14.5 Å². The first-order valence-electron chi connectivity index (χ1n) is 11.0. The second-order valence-corrected chi connectivity index (χ2v) is 8.62. The Kier molecular flexibility index (Phi) is 5.46. The molecule has 0 unspecified atom stereocenters. The number of nitrogens with zero attached hydrogens (tertiary/aromatic N) is 4. The van der Waals surface area contributed by atoms with Crippen LogP contribution in [-0.4, -0.2) is 57.4 Å². The molecule has 2 aromatic heterocycles. The van der Waals surface area contributed by atoms with Gasteiger partial charge in [0.25, 0.3) is 0 Å². The summed E-state index contributed by atoms with van der Waals surface area (Å²) in [6.07, 6.45) is 0. The molecule has 1 aliphatic heterocycles. The molecule has 0 spiro atoms. The number of aromatic hydroxyl groups is 1. The van der Waals surface area contributed by atoms with Crippen molar-refractivity contribution in [2.75, 3.05) is 31.1 Å². The molecule has 2 N–H and O–H groups in total. The van der Waals surface area contributed by atoms with Crippen molar-refractivity contribution in [1.82, 2.24) is 20.1 Å². The minimum absolute atomic E-state index is 0.239. The van der Waals surface area contributed by atoms with Crippen LogP contribution < -0.4 is 4.90 Å². The first-order chi connectivity index (χ1) is 15.9. The van der Waals surface area contributed by atoms with E-state index >= 15 is 0 Å². The van der Waals surface area contributed by atoms with Crippen molar-refractivity contribution < 1.29 is 13.9 Å². The van der Waals surface area contributed by atoms with Gasteiger partial charge in [-0.3, -0.25) is 10.00 Å². The van der Waals surface area contributed by atoms with Crippen molar-refractivity contribution in [2.24, 2.45) is 0 Å². The Hall–Kier alpha value is -3.52. The van der Waals surface area contributed by atoms with Crippen LogP contribution in [0.15, 0.2) is 48.5 Å². The number of benzene rings is 2. The molecule has 8 heteroatoms. The van der Waals surface area contributed by atoms with Crippen LogP contribution in [-0.2, 0) is 0 Å². The Morgan fingerprint density at radius 1 is 0.909 bits per heavy atom. The summed E-state index contributed by atoms with van der Waals surface area (Å²) in [4.78, 5) is 9.36. The van der Waals surface area contributed by atoms with Crippen LogP contribution in [0.5, 0.6) is 5.75 Å². The summed E-state index contributed by atoms with van der Waals surface area (Å²) in [6.45, 7) is 8.61. The maximum atomic E-state index is 13.7. The number of aromatic amines is 1. The van der Waals surface area contributed by atoms with Gasteiger partial charge in [-0.15, -0.1) is 0 Å². The van der Waals surface area contributed by atoms with Gasteiger partial charge in [-0.2, -0.15) is 5.10 Å². The molecular formula is C25H25F2N5O. The predicted octanol–water partition coefficient (Wildman–Crippen LogP) is 4.81. The number of phenolic OH excluding ortho intramolecular Hbond substituents is 1. The molecule has 6 nitrogen and oxygen atoms in total. The SMILES string of the molecule is CC(C)N1CCN(c2ccc(-c3n[nH]c4nc(-c5cc(F)c(O)c(F)c5)ccc34)cc2)CC1. The van der Waals surface area contributed by atoms with Gasteiger partial charge < -0.3 is 10.0 Å². The van der Waals surface area contributed by atoms with Gasteiger partial charge in [0.15, 0.2) is 23.0 Å². The second kappa shape index (κ2) is 8.44. The number of H-pyrrole nitrogens is 1. The first kappa shape index (κ1) is 21.3. The predicted molar refractivity (Wildman–Crippen MR) is 125 cm³/mol. The molecule has 0 atom stereocenters. The molecule has 0 amide bonds. The smallest absolute Gasteiger partial charge is 0.187 e. The third-order valence-corrected chi connectivity index (χ3v) is 6.29. The van der Waals surface area contributed by atoms with Crippen molar-refractivity contribution in [2.45, 2.75) is 19.9 Å². The summed E-state index contributed by atoms with van der Waals surface area (Å²) in [5, 5.41) is 17.5. The summed E-state index contributed by atoms with van der Waals surface area (Å²) in [6, 6.07) is 14.6. The van der Waals surface area contributed by atoms with Gasteiger partial charge in [0, 0.05) is 54.4 Å². The number of rotatable bonds is 4. The Balaban J connectivity index is 1.38. The highest BCUT2D eigenvalue weighted by atomic mass is 19.1. The van der Waals surface area contributed by atoms with E-state index in [9.17, 15) is 13.9 Å². The molecule has 0 saturated carbocycles. The van der Waals surface area contributed by atoms with E-state index in [4.69, 9.17) is 0 Å². The van der Waals surface area contributed by atoms with Gasteiger partial charge in [-0.25, -0.2) is 13.8 Å². The van der Waals surface area contributed by atoms with E-state index in [0.717, 1.165) is 55.0 Å². The molecule has 170 valence electrons. The van der Waals surface area contributed by atoms with E-state index in [1.54, 1.807) is 6.07 Å². The van der Waals surface area contributed by atoms with E-state index < -0.39 is 17.4 Å². The Bertz CT molecular complexity index is 1270. The fourth-order valence-electron chi connectivity index (χ4n) is 4.33. The maximum absolute atomic E-state index is 13.7. The molecular weight excluding hydrogens is 424 g/mol. The lowest BCUT2D eigenvalue weighted by molar-refractivity contribution is 0.209. The summed E-state index contributed by atoms with van der Waals surface area (Å²) in [5.74, 6) is -3.04. The minimum atomic E-state index is -1.03. The standard InChI is InChI=1S/C25H25F2N5O/c1-15(2)31-9-11-32(12-10-31)18-5-3-16(4-6-18)23-19-7-8-22(28-25(19)30-29-23)17-13-20(26)24(33)21(27)14-17/h3-8,13-15,33H,9-12H2,1-2H3,(H,28,29,30). The van der Waals surface area contributed by atoms with Crippen LogP contribution in [0, 0.1) is 11.6 Å². The van der Waals surface area contributed by atoms with E-state index in [-0.39, 0.29) is 5.56 Å². The van der Waals surface area contributed by atoms with E-state index in [1.165, 1.54) is 5.69 Å². The van der Waals surface area contributed by atoms with Crippen molar-refractivity contribution >= 4 is 16.7 Å². The van der Waals surface area contributed by atoms with Gasteiger partial charge in [0.2, 0.25) is 0 Å². The zero-order valence-corrected chi connectivity index (χ0v) is 18.5. The Labute approximate surface area is 190 Å². The van der Waals surface area contributed by atoms with Crippen LogP contribution >= 0.6 is 0 Å². The highest BCUT2D eigenvalue weighted by molar-refractivity contribution is 5.92. The molecule has 1 aliphatic rings. The molecule has 3 heterocycles. The zero-order chi connectivity index (χ0) is 23.1. The van der Waals surface area contributed by atoms with Gasteiger partial charge in [-0.05, 0) is 50.2 Å². The average molecular weight is 450 g/mol. The first-order valence-corrected chi connectivity index (χ1v) is 11.0. The molecule has 1 fully saturated rings. The van der Waals surface area contributed by atoms with E-state index in [0.29, 0.717) is 17.4 Å². The van der Waals surface area contributed by atoms with Crippen LogP contribution in [0.2, 0.25) is 0 Å². The molecule has 4 aromatic rings. The fraction of sp³-hybridized carbons (Fsp3) is 0.280. The Morgan fingerprint density at radius 3 is 2.21 bits per heavy atom. The van der Waals surface area contributed by atoms with Crippen molar-refractivity contribution in [1.29, 1.82) is 0 Å². The summed E-state index contributed by atoms with van der Waals surface area (Å²) >= 11 is 0. The van der Waals surface area contributed by atoms with Crippen molar-refractivity contribution in [3.8, 4) is 28.3 Å². The lowest BCUT2D eigenvalue weighted by atomic mass is 10.1. The monoisotopic (exact) mass is 449 g/mol. The number of nitrogens with one attached hydrogen (secondary N) is 1. The van der Waals surface area contributed by atoms with Crippen molar-refractivity contribution in [3.05, 3.63) is 60.2 Å². The highest BCUT2D eigenvalue weighted by Crippen LogP contribution is 2.31. The number of piperazine rings is 1. The fourth-order valence-corrected chi connectivity index (χ4v) is 4.33. The summed E-state index contributed by atoms with van der Waals surface area (Å²) < 4.78 is 27.5. The average Bonchev–Trinajstić information content (AvgIpc) is 3.25. The van der Waals surface area contributed by atoms with Crippen LogP contribution in [0.3, 0.4) is 0 Å². The van der Waals surface area contributed by atoms with Crippen molar-refractivity contribution in [3.63, 3.8) is 0 Å². The number of halogens is 2. The number of anilines is 1. The lowest BCUT2D eigenvalue weighted by Crippen LogP contribution is -2.48.